The average Bonchev–Trinajstić information content (AvgIpc) is 2.52. The van der Waals surface area contributed by atoms with Gasteiger partial charge in [0.15, 0.2) is 6.10 Å². The first-order valence-electron chi connectivity index (χ1n) is 7.33. The van der Waals surface area contributed by atoms with Gasteiger partial charge in [0.1, 0.15) is 0 Å². The third-order valence-corrected chi connectivity index (χ3v) is 4.49. The topological polar surface area (TPSA) is 66.9 Å². The number of ether oxygens (including phenoxy) is 1. The molecule has 1 aromatic rings. The fraction of sp³-hybridized carbons (Fsp3) is 0.438. The molecule has 0 spiro atoms. The third-order valence-electron chi connectivity index (χ3n) is 3.44. The van der Waals surface area contributed by atoms with E-state index in [0.717, 1.165) is 10.6 Å². The van der Waals surface area contributed by atoms with Crippen molar-refractivity contribution in [3.8, 4) is 0 Å². The molecule has 124 valence electrons. The van der Waals surface area contributed by atoms with Gasteiger partial charge in [-0.05, 0) is 19.1 Å². The van der Waals surface area contributed by atoms with Gasteiger partial charge in [-0.25, -0.2) is 0 Å². The zero-order valence-electron chi connectivity index (χ0n) is 13.4. The highest BCUT2D eigenvalue weighted by Gasteiger charge is 2.26. The van der Waals surface area contributed by atoms with Gasteiger partial charge in [0.25, 0.3) is 5.91 Å². The number of nitrogens with zero attached hydrogens (tertiary/aromatic N) is 2. The van der Waals surface area contributed by atoms with E-state index in [1.165, 1.54) is 23.6 Å². The highest BCUT2D eigenvalue weighted by atomic mass is 32.2. The molecule has 2 amide bonds. The van der Waals surface area contributed by atoms with Crippen molar-refractivity contribution < 1.29 is 19.1 Å². The quantitative estimate of drug-likeness (QED) is 0.763. The summed E-state index contributed by atoms with van der Waals surface area (Å²) in [5.74, 6) is -0.425. The highest BCUT2D eigenvalue weighted by molar-refractivity contribution is 8.00. The second-order valence-electron chi connectivity index (χ2n) is 5.42. The molecule has 0 bridgehead atoms. The number of rotatable bonds is 5. The van der Waals surface area contributed by atoms with Crippen LogP contribution in [0.2, 0.25) is 0 Å². The van der Waals surface area contributed by atoms with Crippen LogP contribution in [0.1, 0.15) is 13.3 Å². The molecular weight excluding hydrogens is 316 g/mol. The number of fused-ring (bicyclic) bond motifs is 1. The van der Waals surface area contributed by atoms with Crippen molar-refractivity contribution in [2.45, 2.75) is 24.3 Å². The lowest BCUT2D eigenvalue weighted by Gasteiger charge is -2.28. The van der Waals surface area contributed by atoms with Gasteiger partial charge >= 0.3 is 5.97 Å². The maximum absolute atomic E-state index is 12.1. The van der Waals surface area contributed by atoms with Crippen LogP contribution in [0.25, 0.3) is 0 Å². The lowest BCUT2D eigenvalue weighted by atomic mass is 10.2. The van der Waals surface area contributed by atoms with E-state index in [4.69, 9.17) is 4.74 Å². The lowest BCUT2D eigenvalue weighted by Crippen LogP contribution is -2.38. The number of carbonyl (C=O) groups excluding carboxylic acids is 3. The van der Waals surface area contributed by atoms with E-state index in [0.29, 0.717) is 5.75 Å². The molecule has 0 unspecified atom stereocenters. The van der Waals surface area contributed by atoms with Gasteiger partial charge in [0.2, 0.25) is 5.91 Å². The van der Waals surface area contributed by atoms with Gasteiger partial charge in [-0.3, -0.25) is 14.4 Å². The first kappa shape index (κ1) is 17.3. The van der Waals surface area contributed by atoms with Crippen molar-refractivity contribution in [3.63, 3.8) is 0 Å². The fourth-order valence-corrected chi connectivity index (χ4v) is 3.21. The number of anilines is 1. The Morgan fingerprint density at radius 2 is 2.04 bits per heavy atom. The van der Waals surface area contributed by atoms with Crippen LogP contribution in [0.5, 0.6) is 0 Å². The SMILES string of the molecule is C[C@H](OC(=O)CCN1C(=O)CSc2ccccc21)C(=O)N(C)C. The number of esters is 1. The number of thioether (sulfide) groups is 1. The van der Waals surface area contributed by atoms with Crippen molar-refractivity contribution in [1.29, 1.82) is 0 Å². The largest absolute Gasteiger partial charge is 0.452 e. The van der Waals surface area contributed by atoms with Crippen molar-refractivity contribution in [3.05, 3.63) is 24.3 Å². The van der Waals surface area contributed by atoms with Gasteiger partial charge < -0.3 is 14.5 Å². The van der Waals surface area contributed by atoms with E-state index in [1.54, 1.807) is 19.0 Å². The third kappa shape index (κ3) is 4.25. The number of carbonyl (C=O) groups is 3. The standard InChI is InChI=1S/C16H20N2O4S/c1-11(16(21)17(2)3)22-15(20)8-9-18-12-6-4-5-7-13(12)23-10-14(18)19/h4-7,11H,8-10H2,1-3H3/t11-/m0/s1. The van der Waals surface area contributed by atoms with Crippen LogP contribution in [0.3, 0.4) is 0 Å². The van der Waals surface area contributed by atoms with Gasteiger partial charge in [-0.15, -0.1) is 11.8 Å². The molecule has 2 rings (SSSR count). The Hall–Kier alpha value is -2.02. The first-order valence-corrected chi connectivity index (χ1v) is 8.31. The number of benzene rings is 1. The first-order chi connectivity index (χ1) is 10.9. The number of likely N-dealkylation sites (N-methyl/N-ethyl adjacent to an activating group) is 1. The molecule has 0 aliphatic carbocycles. The zero-order chi connectivity index (χ0) is 17.0. The Kier molecular flexibility index (Phi) is 5.65. The summed E-state index contributed by atoms with van der Waals surface area (Å²) in [6.45, 7) is 1.79. The maximum atomic E-state index is 12.1. The van der Waals surface area contributed by atoms with Crippen molar-refractivity contribution in [2.75, 3.05) is 31.3 Å². The van der Waals surface area contributed by atoms with Crippen molar-refractivity contribution >= 4 is 35.2 Å². The van der Waals surface area contributed by atoms with Gasteiger partial charge in [-0.1, -0.05) is 12.1 Å². The van der Waals surface area contributed by atoms with Gasteiger partial charge in [0, 0.05) is 25.5 Å². The van der Waals surface area contributed by atoms with Crippen LogP contribution in [0.15, 0.2) is 29.2 Å². The predicted molar refractivity (Wildman–Crippen MR) is 88.4 cm³/mol. The van der Waals surface area contributed by atoms with E-state index in [2.05, 4.69) is 0 Å². The van der Waals surface area contributed by atoms with E-state index in [9.17, 15) is 14.4 Å². The molecule has 6 nitrogen and oxygen atoms in total. The molecule has 23 heavy (non-hydrogen) atoms. The lowest BCUT2D eigenvalue weighted by molar-refractivity contribution is -0.157. The molecule has 1 aliphatic rings. The van der Waals surface area contributed by atoms with Crippen molar-refractivity contribution in [1.82, 2.24) is 4.90 Å². The van der Waals surface area contributed by atoms with E-state index < -0.39 is 12.1 Å². The summed E-state index contributed by atoms with van der Waals surface area (Å²) in [4.78, 5) is 39.7. The summed E-state index contributed by atoms with van der Waals surface area (Å²) < 4.78 is 5.11. The maximum Gasteiger partial charge on any atom is 0.308 e. The summed E-state index contributed by atoms with van der Waals surface area (Å²) >= 11 is 1.50. The molecule has 0 fully saturated rings. The Bertz CT molecular complexity index is 618. The number of hydrogen-bond donors (Lipinski definition) is 0. The van der Waals surface area contributed by atoms with Gasteiger partial charge in [-0.2, -0.15) is 0 Å². The molecule has 0 N–H and O–H groups in total. The van der Waals surface area contributed by atoms with E-state index >= 15 is 0 Å². The molecule has 1 aliphatic heterocycles. The van der Waals surface area contributed by atoms with Crippen LogP contribution in [0.4, 0.5) is 5.69 Å². The second-order valence-corrected chi connectivity index (χ2v) is 6.43. The molecule has 1 atom stereocenters. The van der Waals surface area contributed by atoms with Crippen LogP contribution in [-0.4, -0.2) is 55.2 Å². The minimum Gasteiger partial charge on any atom is -0.452 e. The number of amides is 2. The summed E-state index contributed by atoms with van der Waals surface area (Å²) in [6, 6.07) is 7.60. The summed E-state index contributed by atoms with van der Waals surface area (Å²) in [7, 11) is 3.21. The average molecular weight is 336 g/mol. The Morgan fingerprint density at radius 3 is 2.74 bits per heavy atom. The van der Waals surface area contributed by atoms with E-state index in [-0.39, 0.29) is 24.8 Å². The molecule has 0 radical (unpaired) electrons. The van der Waals surface area contributed by atoms with Crippen LogP contribution in [-0.2, 0) is 19.1 Å². The second kappa shape index (κ2) is 7.50. The zero-order valence-corrected chi connectivity index (χ0v) is 14.3. The smallest absolute Gasteiger partial charge is 0.308 e. The Balaban J connectivity index is 1.94. The summed E-state index contributed by atoms with van der Waals surface area (Å²) in [5.41, 5.74) is 0.818. The molecule has 1 heterocycles. The molecule has 0 aromatic heterocycles. The summed E-state index contributed by atoms with van der Waals surface area (Å²) in [5, 5.41) is 0. The minimum absolute atomic E-state index is 0.0288. The van der Waals surface area contributed by atoms with E-state index in [1.807, 2.05) is 24.3 Å². The number of hydrogen-bond acceptors (Lipinski definition) is 5. The molecule has 0 saturated carbocycles. The highest BCUT2D eigenvalue weighted by Crippen LogP contribution is 2.34. The monoisotopic (exact) mass is 336 g/mol. The molecular formula is C16H20N2O4S. The fourth-order valence-electron chi connectivity index (χ4n) is 2.27. The Morgan fingerprint density at radius 1 is 1.35 bits per heavy atom. The number of para-hydroxylation sites is 1. The van der Waals surface area contributed by atoms with Crippen LogP contribution >= 0.6 is 11.8 Å². The van der Waals surface area contributed by atoms with Crippen LogP contribution < -0.4 is 4.90 Å². The normalized spacial score (nSPS) is 14.9. The molecule has 7 heteroatoms. The molecule has 0 saturated heterocycles. The summed E-state index contributed by atoms with van der Waals surface area (Å²) in [6.07, 6.45) is -0.770. The Labute approximate surface area is 139 Å². The van der Waals surface area contributed by atoms with Crippen molar-refractivity contribution in [2.24, 2.45) is 0 Å². The van der Waals surface area contributed by atoms with Crippen LogP contribution in [0, 0.1) is 0 Å². The predicted octanol–water partition coefficient (Wildman–Crippen LogP) is 1.54. The van der Waals surface area contributed by atoms with Gasteiger partial charge in [0.05, 0.1) is 17.9 Å². The molecule has 1 aromatic carbocycles. The minimum atomic E-state index is -0.822.